The number of benzene rings is 1. The fraction of sp³-hybridized carbons (Fsp3) is 0.538. The summed E-state index contributed by atoms with van der Waals surface area (Å²) in [7, 11) is -3.66. The van der Waals surface area contributed by atoms with Crippen molar-refractivity contribution in [2.24, 2.45) is 0 Å². The minimum atomic E-state index is -3.66. The van der Waals surface area contributed by atoms with Crippen LogP contribution in [0.3, 0.4) is 0 Å². The molecule has 0 unspecified atom stereocenters. The van der Waals surface area contributed by atoms with Crippen LogP contribution in [0.15, 0.2) is 23.1 Å². The van der Waals surface area contributed by atoms with Gasteiger partial charge in [-0.3, -0.25) is 0 Å². The molecule has 1 aromatic carbocycles. The van der Waals surface area contributed by atoms with Gasteiger partial charge in [-0.15, -0.1) is 0 Å². The molecule has 106 valence electrons. The maximum absolute atomic E-state index is 13.5. The molecule has 1 aliphatic rings. The van der Waals surface area contributed by atoms with Gasteiger partial charge in [-0.1, -0.05) is 6.42 Å². The molecule has 0 bridgehead atoms. The van der Waals surface area contributed by atoms with Crippen molar-refractivity contribution in [3.63, 3.8) is 0 Å². The highest BCUT2D eigenvalue weighted by Crippen LogP contribution is 2.30. The number of nitrogens with zero attached hydrogens (tertiary/aromatic N) is 1. The Labute approximate surface area is 113 Å². The van der Waals surface area contributed by atoms with Crippen LogP contribution < -0.4 is 5.73 Å². The van der Waals surface area contributed by atoms with Crippen LogP contribution >= 0.6 is 0 Å². The summed E-state index contributed by atoms with van der Waals surface area (Å²) < 4.78 is 40.1. The average molecular weight is 286 g/mol. The quantitative estimate of drug-likeness (QED) is 0.849. The summed E-state index contributed by atoms with van der Waals surface area (Å²) >= 11 is 0. The van der Waals surface area contributed by atoms with Gasteiger partial charge in [0.15, 0.2) is 0 Å². The van der Waals surface area contributed by atoms with E-state index in [1.54, 1.807) is 0 Å². The molecule has 1 fully saturated rings. The first kappa shape index (κ1) is 14.3. The Morgan fingerprint density at radius 3 is 2.37 bits per heavy atom. The maximum Gasteiger partial charge on any atom is 0.243 e. The molecule has 1 aromatic rings. The topological polar surface area (TPSA) is 63.4 Å². The Hall–Kier alpha value is -1.14. The summed E-state index contributed by atoms with van der Waals surface area (Å²) in [5, 5.41) is 0. The lowest BCUT2D eigenvalue weighted by molar-refractivity contribution is 0.204. The first-order valence-electron chi connectivity index (χ1n) is 6.42. The Kier molecular flexibility index (Phi) is 3.82. The van der Waals surface area contributed by atoms with Crippen molar-refractivity contribution >= 4 is 15.7 Å². The van der Waals surface area contributed by atoms with Gasteiger partial charge >= 0.3 is 0 Å². The number of nitrogens with two attached hydrogens (primary N) is 1. The van der Waals surface area contributed by atoms with Gasteiger partial charge in [0.25, 0.3) is 0 Å². The predicted molar refractivity (Wildman–Crippen MR) is 72.6 cm³/mol. The highest BCUT2D eigenvalue weighted by atomic mass is 32.2. The lowest BCUT2D eigenvalue weighted by Gasteiger charge is -2.37. The van der Waals surface area contributed by atoms with Crippen LogP contribution in [-0.4, -0.2) is 24.8 Å². The lowest BCUT2D eigenvalue weighted by Crippen LogP contribution is -2.47. The maximum atomic E-state index is 13.5. The van der Waals surface area contributed by atoms with Crippen LogP contribution in [0.4, 0.5) is 10.1 Å². The highest BCUT2D eigenvalue weighted by molar-refractivity contribution is 7.89. The zero-order chi connectivity index (χ0) is 14.2. The number of piperidine rings is 1. The van der Waals surface area contributed by atoms with E-state index in [0.29, 0.717) is 0 Å². The summed E-state index contributed by atoms with van der Waals surface area (Å²) in [6.07, 6.45) is 2.69. The zero-order valence-electron chi connectivity index (χ0n) is 11.1. The molecule has 2 atom stereocenters. The van der Waals surface area contributed by atoms with Crippen LogP contribution in [0.25, 0.3) is 0 Å². The summed E-state index contributed by atoms with van der Waals surface area (Å²) in [5.74, 6) is -0.696. The third-order valence-electron chi connectivity index (χ3n) is 3.66. The van der Waals surface area contributed by atoms with E-state index >= 15 is 0 Å². The standard InChI is InChI=1S/C13H19FN2O2S/c1-9-4-3-5-10(2)16(9)19(17,18)11-6-7-13(15)12(14)8-11/h6-10H,3-5,15H2,1-2H3/t9-,10+. The number of anilines is 1. The van der Waals surface area contributed by atoms with Crippen molar-refractivity contribution in [2.45, 2.75) is 50.1 Å². The number of nitrogen functional groups attached to an aromatic ring is 1. The van der Waals surface area contributed by atoms with E-state index in [0.717, 1.165) is 25.3 Å². The molecular formula is C13H19FN2O2S. The van der Waals surface area contributed by atoms with Crippen molar-refractivity contribution in [1.29, 1.82) is 0 Å². The summed E-state index contributed by atoms with van der Waals surface area (Å²) in [6.45, 7) is 3.78. The largest absolute Gasteiger partial charge is 0.396 e. The van der Waals surface area contributed by atoms with Crippen LogP contribution in [0.1, 0.15) is 33.1 Å². The molecule has 4 nitrogen and oxygen atoms in total. The van der Waals surface area contributed by atoms with Gasteiger partial charge in [0.05, 0.1) is 10.6 Å². The molecule has 19 heavy (non-hydrogen) atoms. The number of halogens is 1. The number of hydrogen-bond donors (Lipinski definition) is 1. The molecule has 6 heteroatoms. The van der Waals surface area contributed by atoms with Crippen LogP contribution in [0.5, 0.6) is 0 Å². The van der Waals surface area contributed by atoms with Gasteiger partial charge in [0, 0.05) is 12.1 Å². The Morgan fingerprint density at radius 2 is 1.84 bits per heavy atom. The Morgan fingerprint density at radius 1 is 1.26 bits per heavy atom. The van der Waals surface area contributed by atoms with Crippen molar-refractivity contribution in [2.75, 3.05) is 5.73 Å². The van der Waals surface area contributed by atoms with Gasteiger partial charge in [-0.05, 0) is 44.9 Å². The van der Waals surface area contributed by atoms with E-state index in [4.69, 9.17) is 5.73 Å². The van der Waals surface area contributed by atoms with E-state index in [-0.39, 0.29) is 22.7 Å². The molecule has 1 aliphatic heterocycles. The second kappa shape index (κ2) is 5.09. The van der Waals surface area contributed by atoms with E-state index < -0.39 is 15.8 Å². The number of sulfonamides is 1. The van der Waals surface area contributed by atoms with Crippen molar-refractivity contribution in [1.82, 2.24) is 4.31 Å². The van der Waals surface area contributed by atoms with Gasteiger partial charge in [0.1, 0.15) is 5.82 Å². The Balaban J connectivity index is 2.43. The van der Waals surface area contributed by atoms with Crippen molar-refractivity contribution in [3.8, 4) is 0 Å². The smallest absolute Gasteiger partial charge is 0.243 e. The van der Waals surface area contributed by atoms with Gasteiger partial charge in [0.2, 0.25) is 10.0 Å². The fourth-order valence-electron chi connectivity index (χ4n) is 2.66. The van der Waals surface area contributed by atoms with Crippen molar-refractivity contribution in [3.05, 3.63) is 24.0 Å². The predicted octanol–water partition coefficient (Wildman–Crippen LogP) is 2.36. The molecule has 2 N–H and O–H groups in total. The monoisotopic (exact) mass is 286 g/mol. The molecule has 0 saturated carbocycles. The molecule has 0 aliphatic carbocycles. The molecule has 0 spiro atoms. The van der Waals surface area contributed by atoms with Crippen LogP contribution in [0, 0.1) is 5.82 Å². The number of rotatable bonds is 2. The molecule has 0 aromatic heterocycles. The van der Waals surface area contributed by atoms with E-state index in [1.807, 2.05) is 13.8 Å². The minimum Gasteiger partial charge on any atom is -0.396 e. The molecule has 2 rings (SSSR count). The van der Waals surface area contributed by atoms with Crippen LogP contribution in [0.2, 0.25) is 0 Å². The van der Waals surface area contributed by atoms with Crippen molar-refractivity contribution < 1.29 is 12.8 Å². The summed E-state index contributed by atoms with van der Waals surface area (Å²) in [5.41, 5.74) is 5.34. The minimum absolute atomic E-state index is 0.0280. The fourth-order valence-corrected chi connectivity index (χ4v) is 4.56. The van der Waals surface area contributed by atoms with Crippen LogP contribution in [-0.2, 0) is 10.0 Å². The van der Waals surface area contributed by atoms with E-state index in [2.05, 4.69) is 0 Å². The first-order valence-corrected chi connectivity index (χ1v) is 7.86. The lowest BCUT2D eigenvalue weighted by atomic mass is 10.0. The molecular weight excluding hydrogens is 267 g/mol. The van der Waals surface area contributed by atoms with E-state index in [9.17, 15) is 12.8 Å². The first-order chi connectivity index (χ1) is 8.84. The SMILES string of the molecule is C[C@@H]1CCC[C@H](C)N1S(=O)(=O)c1ccc(N)c(F)c1. The zero-order valence-corrected chi connectivity index (χ0v) is 12.0. The average Bonchev–Trinajstić information content (AvgIpc) is 2.32. The number of hydrogen-bond acceptors (Lipinski definition) is 3. The summed E-state index contributed by atoms with van der Waals surface area (Å²) in [4.78, 5) is -0.0280. The van der Waals surface area contributed by atoms with Gasteiger partial charge < -0.3 is 5.73 Å². The van der Waals surface area contributed by atoms with E-state index in [1.165, 1.54) is 16.4 Å². The normalized spacial score (nSPS) is 25.4. The second-order valence-electron chi connectivity index (χ2n) is 5.15. The van der Waals surface area contributed by atoms with Gasteiger partial charge in [-0.2, -0.15) is 4.31 Å². The molecule has 1 heterocycles. The third kappa shape index (κ3) is 2.60. The molecule has 1 saturated heterocycles. The summed E-state index contributed by atoms with van der Waals surface area (Å²) in [6, 6.07) is 3.53. The Bertz CT molecular complexity index is 564. The highest BCUT2D eigenvalue weighted by Gasteiger charge is 2.35. The molecule has 0 amide bonds. The third-order valence-corrected chi connectivity index (χ3v) is 5.78. The van der Waals surface area contributed by atoms with Gasteiger partial charge in [-0.25, -0.2) is 12.8 Å². The second-order valence-corrected chi connectivity index (χ2v) is 6.99. The molecule has 0 radical (unpaired) electrons.